The van der Waals surface area contributed by atoms with E-state index < -0.39 is 0 Å². The van der Waals surface area contributed by atoms with Crippen molar-refractivity contribution in [3.63, 3.8) is 0 Å². The molecule has 0 fully saturated rings. The summed E-state index contributed by atoms with van der Waals surface area (Å²) in [7, 11) is 0. The summed E-state index contributed by atoms with van der Waals surface area (Å²) in [5.74, 6) is 0.0626. The second-order valence-corrected chi connectivity index (χ2v) is 5.23. The number of rotatable bonds is 3. The molecule has 2 N–H and O–H groups in total. The predicted octanol–water partition coefficient (Wildman–Crippen LogP) is 2.96. The van der Waals surface area contributed by atoms with E-state index in [0.717, 1.165) is 4.90 Å². The highest BCUT2D eigenvalue weighted by atomic mass is 79.9. The van der Waals surface area contributed by atoms with Crippen LogP contribution in [-0.4, -0.2) is 16.9 Å². The number of benzene rings is 1. The average molecular weight is 274 g/mol. The van der Waals surface area contributed by atoms with Gasteiger partial charge in [-0.3, -0.25) is 4.79 Å². The molecule has 1 rings (SSSR count). The van der Waals surface area contributed by atoms with Gasteiger partial charge < -0.3 is 5.73 Å². The fraction of sp³-hybridized carbons (Fsp3) is 0.300. The summed E-state index contributed by atoms with van der Waals surface area (Å²) < 4.78 is 0. The Kier molecular flexibility index (Phi) is 4.01. The molecule has 1 aromatic rings. The maximum Gasteiger partial charge on any atom is 0.176 e. The van der Waals surface area contributed by atoms with Crippen LogP contribution in [0.5, 0.6) is 0 Å². The Balaban J connectivity index is 3.09. The van der Waals surface area contributed by atoms with E-state index in [0.29, 0.717) is 11.3 Å². The van der Waals surface area contributed by atoms with Gasteiger partial charge >= 0.3 is 0 Å². The van der Waals surface area contributed by atoms with Crippen LogP contribution in [-0.2, 0) is 0 Å². The predicted molar refractivity (Wildman–Crippen MR) is 65.4 cm³/mol. The van der Waals surface area contributed by atoms with Gasteiger partial charge in [0.05, 0.1) is 4.83 Å². The number of carbonyl (C=O) groups excluding carboxylic acids is 1. The summed E-state index contributed by atoms with van der Waals surface area (Å²) in [4.78, 5) is 12.5. The van der Waals surface area contributed by atoms with Gasteiger partial charge in [-0.15, -0.1) is 11.8 Å². The maximum absolute atomic E-state index is 11.7. The van der Waals surface area contributed by atoms with Gasteiger partial charge in [-0.25, -0.2) is 0 Å². The molecule has 0 radical (unpaired) electrons. The van der Waals surface area contributed by atoms with Crippen molar-refractivity contribution in [1.29, 1.82) is 0 Å². The lowest BCUT2D eigenvalue weighted by Crippen LogP contribution is -2.10. The highest BCUT2D eigenvalue weighted by molar-refractivity contribution is 9.10. The van der Waals surface area contributed by atoms with Gasteiger partial charge in [0.1, 0.15) is 0 Å². The van der Waals surface area contributed by atoms with E-state index in [9.17, 15) is 4.79 Å². The Morgan fingerprint density at radius 1 is 1.50 bits per heavy atom. The molecule has 0 aromatic heterocycles. The van der Waals surface area contributed by atoms with E-state index in [1.807, 2.05) is 25.3 Å². The number of thioether (sulfide) groups is 1. The van der Waals surface area contributed by atoms with Crippen molar-refractivity contribution in [1.82, 2.24) is 0 Å². The first-order chi connectivity index (χ1) is 6.54. The monoisotopic (exact) mass is 273 g/mol. The smallest absolute Gasteiger partial charge is 0.176 e. The molecule has 2 nitrogen and oxygen atoms in total. The molecular weight excluding hydrogens is 262 g/mol. The van der Waals surface area contributed by atoms with Crippen molar-refractivity contribution >= 4 is 39.2 Å². The summed E-state index contributed by atoms with van der Waals surface area (Å²) in [5, 5.41) is 0. The minimum atomic E-state index is -0.168. The summed E-state index contributed by atoms with van der Waals surface area (Å²) >= 11 is 4.83. The zero-order valence-electron chi connectivity index (χ0n) is 8.08. The molecule has 0 amide bonds. The first-order valence-corrected chi connectivity index (χ1v) is 6.31. The molecule has 0 saturated heterocycles. The number of halogens is 1. The van der Waals surface area contributed by atoms with Crippen LogP contribution in [0.1, 0.15) is 17.3 Å². The third-order valence-corrected chi connectivity index (χ3v) is 2.93. The van der Waals surface area contributed by atoms with Crippen LogP contribution in [0.4, 0.5) is 5.69 Å². The normalized spacial score (nSPS) is 12.5. The third kappa shape index (κ3) is 2.75. The number of anilines is 1. The van der Waals surface area contributed by atoms with Crippen molar-refractivity contribution in [2.24, 2.45) is 0 Å². The van der Waals surface area contributed by atoms with Gasteiger partial charge in [0, 0.05) is 16.1 Å². The van der Waals surface area contributed by atoms with E-state index in [4.69, 9.17) is 5.73 Å². The molecule has 0 saturated carbocycles. The number of nitrogens with two attached hydrogens (primary N) is 1. The fourth-order valence-corrected chi connectivity index (χ4v) is 1.87. The van der Waals surface area contributed by atoms with Crippen LogP contribution in [0.25, 0.3) is 0 Å². The zero-order valence-corrected chi connectivity index (χ0v) is 10.5. The van der Waals surface area contributed by atoms with Crippen LogP contribution in [0.3, 0.4) is 0 Å². The summed E-state index contributed by atoms with van der Waals surface area (Å²) in [5.41, 5.74) is 6.99. The molecule has 0 aliphatic heterocycles. The van der Waals surface area contributed by atoms with Crippen LogP contribution < -0.4 is 5.73 Å². The van der Waals surface area contributed by atoms with Gasteiger partial charge in [0.2, 0.25) is 0 Å². The molecule has 4 heteroatoms. The second kappa shape index (κ2) is 4.84. The minimum Gasteiger partial charge on any atom is -0.399 e. The van der Waals surface area contributed by atoms with E-state index in [-0.39, 0.29) is 10.6 Å². The van der Waals surface area contributed by atoms with E-state index >= 15 is 0 Å². The van der Waals surface area contributed by atoms with E-state index in [1.165, 1.54) is 0 Å². The Hall–Kier alpha value is -0.480. The number of nitrogen functional groups attached to an aromatic ring is 1. The average Bonchev–Trinajstić information content (AvgIpc) is 2.15. The van der Waals surface area contributed by atoms with Crippen molar-refractivity contribution in [3.05, 3.63) is 23.8 Å². The van der Waals surface area contributed by atoms with Crippen LogP contribution in [0, 0.1) is 0 Å². The Bertz CT molecular complexity index is 352. The lowest BCUT2D eigenvalue weighted by atomic mass is 10.1. The Morgan fingerprint density at radius 3 is 2.64 bits per heavy atom. The molecule has 14 heavy (non-hydrogen) atoms. The number of alkyl halides is 1. The first-order valence-electron chi connectivity index (χ1n) is 4.17. The van der Waals surface area contributed by atoms with Gasteiger partial charge in [0.25, 0.3) is 0 Å². The lowest BCUT2D eigenvalue weighted by Gasteiger charge is -2.06. The van der Waals surface area contributed by atoms with E-state index in [2.05, 4.69) is 15.9 Å². The molecule has 76 valence electrons. The second-order valence-electron chi connectivity index (χ2n) is 2.98. The molecule has 1 atom stereocenters. The quantitative estimate of drug-likeness (QED) is 0.399. The highest BCUT2D eigenvalue weighted by Gasteiger charge is 2.12. The third-order valence-electron chi connectivity index (χ3n) is 1.81. The number of ketones is 1. The Morgan fingerprint density at radius 2 is 2.14 bits per heavy atom. The SMILES string of the molecule is CSc1cc(N)cc(C(=O)C(C)Br)c1. The molecule has 0 aliphatic rings. The van der Waals surface area contributed by atoms with Gasteiger partial charge in [-0.05, 0) is 31.4 Å². The zero-order chi connectivity index (χ0) is 10.7. The van der Waals surface area contributed by atoms with Gasteiger partial charge in [-0.1, -0.05) is 15.9 Å². The fourth-order valence-electron chi connectivity index (χ4n) is 1.11. The molecule has 0 bridgehead atoms. The van der Waals surface area contributed by atoms with Crippen LogP contribution >= 0.6 is 27.7 Å². The van der Waals surface area contributed by atoms with Gasteiger partial charge in [-0.2, -0.15) is 0 Å². The number of hydrogen-bond donors (Lipinski definition) is 1. The Labute approximate surface area is 96.4 Å². The first kappa shape index (κ1) is 11.6. The molecule has 1 unspecified atom stereocenters. The molecule has 0 heterocycles. The number of carbonyl (C=O) groups is 1. The van der Waals surface area contributed by atoms with Crippen molar-refractivity contribution in [3.8, 4) is 0 Å². The number of Topliss-reactive ketones (excluding diaryl/α,β-unsaturated/α-hetero) is 1. The topological polar surface area (TPSA) is 43.1 Å². The highest BCUT2D eigenvalue weighted by Crippen LogP contribution is 2.22. The largest absolute Gasteiger partial charge is 0.399 e. The molecular formula is C10H12BrNOS. The van der Waals surface area contributed by atoms with Crippen molar-refractivity contribution in [2.45, 2.75) is 16.6 Å². The van der Waals surface area contributed by atoms with Gasteiger partial charge in [0.15, 0.2) is 5.78 Å². The van der Waals surface area contributed by atoms with Crippen molar-refractivity contribution in [2.75, 3.05) is 12.0 Å². The molecule has 0 aliphatic carbocycles. The maximum atomic E-state index is 11.7. The summed E-state index contributed by atoms with van der Waals surface area (Å²) in [6.45, 7) is 1.81. The lowest BCUT2D eigenvalue weighted by molar-refractivity contribution is 0.0995. The van der Waals surface area contributed by atoms with Crippen molar-refractivity contribution < 1.29 is 4.79 Å². The molecule has 0 spiro atoms. The van der Waals surface area contributed by atoms with Crippen LogP contribution in [0.15, 0.2) is 23.1 Å². The van der Waals surface area contributed by atoms with E-state index in [1.54, 1.807) is 17.8 Å². The summed E-state index contributed by atoms with van der Waals surface area (Å²) in [6.07, 6.45) is 1.96. The standard InChI is InChI=1S/C10H12BrNOS/c1-6(11)10(13)7-3-8(12)5-9(4-7)14-2/h3-6H,12H2,1-2H3. The number of hydrogen-bond acceptors (Lipinski definition) is 3. The van der Waals surface area contributed by atoms with Crippen LogP contribution in [0.2, 0.25) is 0 Å². The minimum absolute atomic E-state index is 0.0626. The summed E-state index contributed by atoms with van der Waals surface area (Å²) in [6, 6.07) is 5.43. The molecule has 1 aromatic carbocycles.